The lowest BCUT2D eigenvalue weighted by Crippen LogP contribution is -2.42. The Hall–Kier alpha value is -1.55. The van der Waals surface area contributed by atoms with Gasteiger partial charge in [-0.15, -0.1) is 0 Å². The molecule has 2 rings (SSSR count). The summed E-state index contributed by atoms with van der Waals surface area (Å²) in [5.74, 6) is -0.115. The normalized spacial score (nSPS) is 29.1. The number of carboxylic acids is 1. The summed E-state index contributed by atoms with van der Waals surface area (Å²) in [5.41, 5.74) is -0.466. The van der Waals surface area contributed by atoms with Crippen LogP contribution in [0.15, 0.2) is 24.3 Å². The standard InChI is InChI=1S/C17H24O4/c1-16(2)13(9-10-17(16,3)15(19)20)14(18)11-5-7-12(21-4)8-6-11/h5-8,13-14,18H,9-10H2,1-4H3,(H,19,20)/t13-,14+,17-/m1/s1. The molecule has 1 aromatic carbocycles. The Morgan fingerprint density at radius 1 is 1.29 bits per heavy atom. The van der Waals surface area contributed by atoms with E-state index in [2.05, 4.69) is 0 Å². The lowest BCUT2D eigenvalue weighted by molar-refractivity contribution is -0.155. The highest BCUT2D eigenvalue weighted by Crippen LogP contribution is 2.59. The summed E-state index contributed by atoms with van der Waals surface area (Å²) >= 11 is 0. The highest BCUT2D eigenvalue weighted by atomic mass is 16.5. The van der Waals surface area contributed by atoms with Gasteiger partial charge in [0.05, 0.1) is 18.6 Å². The van der Waals surface area contributed by atoms with Crippen LogP contribution in [-0.2, 0) is 4.79 Å². The minimum absolute atomic E-state index is 0.0769. The minimum atomic E-state index is -0.800. The number of carbonyl (C=O) groups is 1. The molecule has 1 fully saturated rings. The SMILES string of the molecule is COc1ccc([C@H](O)[C@H]2CC[C@](C)(C(=O)O)C2(C)C)cc1. The fraction of sp³-hybridized carbons (Fsp3) is 0.588. The number of rotatable bonds is 4. The molecule has 0 radical (unpaired) electrons. The van der Waals surface area contributed by atoms with Gasteiger partial charge in [0.15, 0.2) is 0 Å². The number of ether oxygens (including phenoxy) is 1. The van der Waals surface area contributed by atoms with E-state index in [-0.39, 0.29) is 5.92 Å². The van der Waals surface area contributed by atoms with E-state index in [0.717, 1.165) is 11.3 Å². The van der Waals surface area contributed by atoms with Crippen molar-refractivity contribution in [2.45, 2.75) is 39.7 Å². The van der Waals surface area contributed by atoms with Crippen LogP contribution >= 0.6 is 0 Å². The van der Waals surface area contributed by atoms with Gasteiger partial charge in [-0.2, -0.15) is 0 Å². The van der Waals surface area contributed by atoms with Crippen LogP contribution in [0.25, 0.3) is 0 Å². The largest absolute Gasteiger partial charge is 0.497 e. The van der Waals surface area contributed by atoms with E-state index in [1.807, 2.05) is 38.1 Å². The van der Waals surface area contributed by atoms with Crippen molar-refractivity contribution in [3.63, 3.8) is 0 Å². The van der Waals surface area contributed by atoms with Crippen molar-refractivity contribution in [3.05, 3.63) is 29.8 Å². The van der Waals surface area contributed by atoms with Crippen LogP contribution < -0.4 is 4.74 Å². The highest BCUT2D eigenvalue weighted by Gasteiger charge is 2.57. The Morgan fingerprint density at radius 2 is 1.86 bits per heavy atom. The maximum absolute atomic E-state index is 11.6. The van der Waals surface area contributed by atoms with Crippen molar-refractivity contribution >= 4 is 5.97 Å². The van der Waals surface area contributed by atoms with Gasteiger partial charge in [0.25, 0.3) is 0 Å². The average molecular weight is 292 g/mol. The van der Waals surface area contributed by atoms with Crippen LogP contribution in [0.3, 0.4) is 0 Å². The topological polar surface area (TPSA) is 66.8 Å². The van der Waals surface area contributed by atoms with Crippen molar-refractivity contribution < 1.29 is 19.7 Å². The lowest BCUT2D eigenvalue weighted by atomic mass is 9.64. The molecule has 0 heterocycles. The zero-order chi connectivity index (χ0) is 15.8. The Morgan fingerprint density at radius 3 is 2.29 bits per heavy atom. The lowest BCUT2D eigenvalue weighted by Gasteiger charge is -2.40. The summed E-state index contributed by atoms with van der Waals surface area (Å²) in [4.78, 5) is 11.6. The molecule has 4 heteroatoms. The van der Waals surface area contributed by atoms with E-state index in [1.165, 1.54) is 0 Å². The predicted molar refractivity (Wildman–Crippen MR) is 80.2 cm³/mol. The number of hydrogen-bond acceptors (Lipinski definition) is 3. The first kappa shape index (κ1) is 15.8. The number of aliphatic hydroxyl groups is 1. The van der Waals surface area contributed by atoms with Crippen molar-refractivity contribution in [3.8, 4) is 5.75 Å². The van der Waals surface area contributed by atoms with Crippen molar-refractivity contribution in [2.75, 3.05) is 7.11 Å². The third-order valence-corrected chi connectivity index (χ3v) is 5.61. The van der Waals surface area contributed by atoms with Gasteiger partial charge in [-0.3, -0.25) is 4.79 Å². The molecule has 0 unspecified atom stereocenters. The number of hydrogen-bond donors (Lipinski definition) is 2. The summed E-state index contributed by atoms with van der Waals surface area (Å²) in [7, 11) is 1.60. The number of methoxy groups -OCH3 is 1. The summed E-state index contributed by atoms with van der Waals surface area (Å²) in [6.45, 7) is 5.69. The first-order valence-corrected chi connectivity index (χ1v) is 7.29. The van der Waals surface area contributed by atoms with Gasteiger partial charge in [0, 0.05) is 0 Å². The molecule has 1 aliphatic rings. The zero-order valence-electron chi connectivity index (χ0n) is 13.1. The quantitative estimate of drug-likeness (QED) is 0.894. The smallest absolute Gasteiger partial charge is 0.309 e. The molecule has 0 aromatic heterocycles. The van der Waals surface area contributed by atoms with E-state index >= 15 is 0 Å². The van der Waals surface area contributed by atoms with Crippen LogP contribution in [0.4, 0.5) is 0 Å². The molecular weight excluding hydrogens is 268 g/mol. The monoisotopic (exact) mass is 292 g/mol. The zero-order valence-corrected chi connectivity index (χ0v) is 13.1. The second-order valence-electron chi connectivity index (χ2n) is 6.72. The van der Waals surface area contributed by atoms with Gasteiger partial charge in [-0.25, -0.2) is 0 Å². The highest BCUT2D eigenvalue weighted by molar-refractivity contribution is 5.75. The van der Waals surface area contributed by atoms with Gasteiger partial charge < -0.3 is 14.9 Å². The fourth-order valence-electron chi connectivity index (χ4n) is 3.50. The molecule has 116 valence electrons. The van der Waals surface area contributed by atoms with Crippen molar-refractivity contribution in [2.24, 2.45) is 16.7 Å². The minimum Gasteiger partial charge on any atom is -0.497 e. The molecule has 0 aliphatic heterocycles. The molecule has 1 aromatic rings. The maximum atomic E-state index is 11.6. The van der Waals surface area contributed by atoms with Crippen LogP contribution in [0.1, 0.15) is 45.3 Å². The third-order valence-electron chi connectivity index (χ3n) is 5.61. The molecule has 1 saturated carbocycles. The number of aliphatic hydroxyl groups excluding tert-OH is 1. The maximum Gasteiger partial charge on any atom is 0.309 e. The van der Waals surface area contributed by atoms with E-state index in [1.54, 1.807) is 14.0 Å². The summed E-state index contributed by atoms with van der Waals surface area (Å²) in [6, 6.07) is 7.32. The molecule has 0 amide bonds. The molecule has 0 bridgehead atoms. The Labute approximate surface area is 125 Å². The van der Waals surface area contributed by atoms with Crippen molar-refractivity contribution in [1.82, 2.24) is 0 Å². The first-order valence-electron chi connectivity index (χ1n) is 7.29. The van der Waals surface area contributed by atoms with Gasteiger partial charge in [0.1, 0.15) is 5.75 Å². The molecule has 2 N–H and O–H groups in total. The molecule has 0 spiro atoms. The molecule has 4 nitrogen and oxygen atoms in total. The molecule has 0 saturated heterocycles. The summed E-state index contributed by atoms with van der Waals surface area (Å²) in [5, 5.41) is 20.2. The molecule has 3 atom stereocenters. The third kappa shape index (κ3) is 2.42. The second-order valence-corrected chi connectivity index (χ2v) is 6.72. The fourth-order valence-corrected chi connectivity index (χ4v) is 3.50. The van der Waals surface area contributed by atoms with Gasteiger partial charge in [-0.05, 0) is 48.8 Å². The molecule has 1 aliphatic carbocycles. The number of carboxylic acid groups (broad SMARTS) is 1. The summed E-state index contributed by atoms with van der Waals surface area (Å²) in [6.07, 6.45) is 0.642. The first-order chi connectivity index (χ1) is 9.74. The Kier molecular flexibility index (Phi) is 4.02. The number of benzene rings is 1. The second kappa shape index (κ2) is 5.34. The number of aliphatic carboxylic acids is 1. The Bertz CT molecular complexity index is 520. The van der Waals surface area contributed by atoms with E-state index in [9.17, 15) is 15.0 Å². The van der Waals surface area contributed by atoms with Crippen LogP contribution in [-0.4, -0.2) is 23.3 Å². The Balaban J connectivity index is 2.27. The van der Waals surface area contributed by atoms with Gasteiger partial charge in [0.2, 0.25) is 0 Å². The average Bonchev–Trinajstić information content (AvgIpc) is 2.70. The van der Waals surface area contributed by atoms with E-state index in [4.69, 9.17) is 4.74 Å². The predicted octanol–water partition coefficient (Wildman–Crippen LogP) is 3.26. The van der Waals surface area contributed by atoms with Crippen molar-refractivity contribution in [1.29, 1.82) is 0 Å². The van der Waals surface area contributed by atoms with Crippen LogP contribution in [0.5, 0.6) is 5.75 Å². The van der Waals surface area contributed by atoms with Gasteiger partial charge in [-0.1, -0.05) is 26.0 Å². The van der Waals surface area contributed by atoms with Crippen LogP contribution in [0.2, 0.25) is 0 Å². The van der Waals surface area contributed by atoms with E-state index < -0.39 is 22.9 Å². The molecule has 21 heavy (non-hydrogen) atoms. The van der Waals surface area contributed by atoms with E-state index in [0.29, 0.717) is 12.8 Å². The summed E-state index contributed by atoms with van der Waals surface area (Å²) < 4.78 is 5.12. The van der Waals surface area contributed by atoms with Crippen LogP contribution in [0, 0.1) is 16.7 Å². The molecular formula is C17H24O4. The van der Waals surface area contributed by atoms with Gasteiger partial charge >= 0.3 is 5.97 Å².